The minimum Gasteiger partial charge on any atom is -0.494 e. The van der Waals surface area contributed by atoms with E-state index in [1.165, 1.54) is 0 Å². The van der Waals surface area contributed by atoms with Gasteiger partial charge in [0.15, 0.2) is 0 Å². The maximum atomic E-state index is 12.4. The standard InChI is InChI=1S/C19H25N5O3/c1-2-27-16-6-4-3-5-14(16)13-24-10-9-22-19(26)15(24)11-18(25)23-12-17-20-7-8-21-17/h3-8,15H,2,9-13H2,1H3,(H,20,21)(H,22,26)(H,23,25)/t15-/m1/s1. The van der Waals surface area contributed by atoms with E-state index in [0.717, 1.165) is 11.3 Å². The first kappa shape index (κ1) is 18.9. The van der Waals surface area contributed by atoms with Crippen molar-refractivity contribution >= 4 is 11.8 Å². The molecule has 3 N–H and O–H groups in total. The van der Waals surface area contributed by atoms with Gasteiger partial charge in [0.2, 0.25) is 11.8 Å². The Bertz CT molecular complexity index is 762. The number of benzene rings is 1. The van der Waals surface area contributed by atoms with E-state index in [9.17, 15) is 9.59 Å². The normalized spacial score (nSPS) is 17.4. The lowest BCUT2D eigenvalue weighted by Crippen LogP contribution is -2.56. The first-order valence-electron chi connectivity index (χ1n) is 9.14. The van der Waals surface area contributed by atoms with Gasteiger partial charge >= 0.3 is 0 Å². The molecule has 2 amide bonds. The molecule has 1 aromatic heterocycles. The SMILES string of the molecule is CCOc1ccccc1CN1CCNC(=O)[C@H]1CC(=O)NCc1ncc[nH]1. The molecule has 8 heteroatoms. The molecule has 1 fully saturated rings. The first-order chi connectivity index (χ1) is 13.2. The number of hydrogen-bond donors (Lipinski definition) is 3. The van der Waals surface area contributed by atoms with Crippen LogP contribution in [0.3, 0.4) is 0 Å². The van der Waals surface area contributed by atoms with Crippen LogP contribution in [0.25, 0.3) is 0 Å². The minimum atomic E-state index is -0.509. The van der Waals surface area contributed by atoms with Gasteiger partial charge in [-0.3, -0.25) is 14.5 Å². The number of nitrogens with zero attached hydrogens (tertiary/aromatic N) is 2. The van der Waals surface area contributed by atoms with Gasteiger partial charge in [0.1, 0.15) is 11.6 Å². The van der Waals surface area contributed by atoms with Gasteiger partial charge in [-0.15, -0.1) is 0 Å². The number of rotatable bonds is 8. The number of carbonyl (C=O) groups excluding carboxylic acids is 2. The number of nitrogens with one attached hydrogen (secondary N) is 3. The molecule has 0 unspecified atom stereocenters. The lowest BCUT2D eigenvalue weighted by Gasteiger charge is -2.35. The van der Waals surface area contributed by atoms with E-state index in [0.29, 0.717) is 38.6 Å². The molecule has 8 nitrogen and oxygen atoms in total. The predicted molar refractivity (Wildman–Crippen MR) is 99.9 cm³/mol. The molecule has 2 heterocycles. The summed E-state index contributed by atoms with van der Waals surface area (Å²) in [4.78, 5) is 33.8. The van der Waals surface area contributed by atoms with E-state index < -0.39 is 6.04 Å². The zero-order valence-electron chi connectivity index (χ0n) is 15.4. The highest BCUT2D eigenvalue weighted by Crippen LogP contribution is 2.22. The number of aromatic nitrogens is 2. The van der Waals surface area contributed by atoms with Gasteiger partial charge in [-0.1, -0.05) is 18.2 Å². The number of carbonyl (C=O) groups is 2. The van der Waals surface area contributed by atoms with Crippen LogP contribution in [0.2, 0.25) is 0 Å². The summed E-state index contributed by atoms with van der Waals surface area (Å²) in [7, 11) is 0. The average molecular weight is 371 g/mol. The Morgan fingerprint density at radius 2 is 2.26 bits per heavy atom. The number of para-hydroxylation sites is 1. The van der Waals surface area contributed by atoms with Crippen LogP contribution >= 0.6 is 0 Å². The van der Waals surface area contributed by atoms with Gasteiger partial charge in [0.25, 0.3) is 0 Å². The maximum absolute atomic E-state index is 12.4. The number of aromatic amines is 1. The van der Waals surface area contributed by atoms with Crippen LogP contribution < -0.4 is 15.4 Å². The second-order valence-corrected chi connectivity index (χ2v) is 6.33. The molecule has 0 radical (unpaired) electrons. The van der Waals surface area contributed by atoms with E-state index in [-0.39, 0.29) is 18.2 Å². The highest BCUT2D eigenvalue weighted by Gasteiger charge is 2.32. The van der Waals surface area contributed by atoms with Crippen LogP contribution in [0.5, 0.6) is 5.75 Å². The molecular weight excluding hydrogens is 346 g/mol. The van der Waals surface area contributed by atoms with Crippen molar-refractivity contribution in [2.45, 2.75) is 32.5 Å². The van der Waals surface area contributed by atoms with Gasteiger partial charge in [0.05, 0.1) is 25.6 Å². The molecule has 1 aliphatic rings. The molecule has 2 aromatic rings. The third kappa shape index (κ3) is 5.07. The Morgan fingerprint density at radius 3 is 3.04 bits per heavy atom. The molecule has 1 saturated heterocycles. The summed E-state index contributed by atoms with van der Waals surface area (Å²) in [6.07, 6.45) is 3.44. The molecule has 27 heavy (non-hydrogen) atoms. The fourth-order valence-electron chi connectivity index (χ4n) is 3.15. The van der Waals surface area contributed by atoms with Crippen molar-refractivity contribution in [1.82, 2.24) is 25.5 Å². The van der Waals surface area contributed by atoms with E-state index in [1.807, 2.05) is 36.1 Å². The molecule has 0 spiro atoms. The summed E-state index contributed by atoms with van der Waals surface area (Å²) < 4.78 is 5.68. The lowest BCUT2D eigenvalue weighted by atomic mass is 10.1. The minimum absolute atomic E-state index is 0.101. The second kappa shape index (κ2) is 9.18. The topological polar surface area (TPSA) is 99.3 Å². The summed E-state index contributed by atoms with van der Waals surface area (Å²) in [6, 6.07) is 7.29. The summed E-state index contributed by atoms with van der Waals surface area (Å²) in [5, 5.41) is 5.66. The van der Waals surface area contributed by atoms with Gasteiger partial charge in [-0.05, 0) is 13.0 Å². The van der Waals surface area contributed by atoms with E-state index in [4.69, 9.17) is 4.74 Å². The molecule has 1 aromatic carbocycles. The summed E-state index contributed by atoms with van der Waals surface area (Å²) in [5.41, 5.74) is 1.01. The molecule has 0 bridgehead atoms. The van der Waals surface area contributed by atoms with Gasteiger partial charge in [-0.25, -0.2) is 4.98 Å². The van der Waals surface area contributed by atoms with Crippen molar-refractivity contribution < 1.29 is 14.3 Å². The number of hydrogen-bond acceptors (Lipinski definition) is 5. The number of piperazine rings is 1. The van der Waals surface area contributed by atoms with E-state index in [1.54, 1.807) is 12.4 Å². The van der Waals surface area contributed by atoms with Crippen LogP contribution in [0.1, 0.15) is 24.7 Å². The zero-order valence-corrected chi connectivity index (χ0v) is 15.4. The molecular formula is C19H25N5O3. The zero-order chi connectivity index (χ0) is 19.1. The van der Waals surface area contributed by atoms with Crippen LogP contribution in [-0.4, -0.2) is 52.4 Å². The summed E-state index contributed by atoms with van der Waals surface area (Å²) in [6.45, 7) is 4.64. The quantitative estimate of drug-likeness (QED) is 0.638. The summed E-state index contributed by atoms with van der Waals surface area (Å²) in [5.74, 6) is 1.19. The van der Waals surface area contributed by atoms with Crippen molar-refractivity contribution in [3.8, 4) is 5.75 Å². The van der Waals surface area contributed by atoms with Crippen molar-refractivity contribution in [3.05, 3.63) is 48.0 Å². The fraction of sp³-hybridized carbons (Fsp3) is 0.421. The predicted octanol–water partition coefficient (Wildman–Crippen LogP) is 0.815. The van der Waals surface area contributed by atoms with Crippen molar-refractivity contribution in [2.24, 2.45) is 0 Å². The highest BCUT2D eigenvalue weighted by molar-refractivity contribution is 5.88. The van der Waals surface area contributed by atoms with Crippen LogP contribution in [-0.2, 0) is 22.7 Å². The Labute approximate surface area is 158 Å². The molecule has 0 saturated carbocycles. The second-order valence-electron chi connectivity index (χ2n) is 6.33. The number of H-pyrrole nitrogens is 1. The third-order valence-electron chi connectivity index (χ3n) is 4.47. The first-order valence-corrected chi connectivity index (χ1v) is 9.14. The van der Waals surface area contributed by atoms with E-state index >= 15 is 0 Å². The summed E-state index contributed by atoms with van der Waals surface area (Å²) >= 11 is 0. The highest BCUT2D eigenvalue weighted by atomic mass is 16.5. The molecule has 144 valence electrons. The molecule has 1 aliphatic heterocycles. The van der Waals surface area contributed by atoms with Crippen molar-refractivity contribution in [1.29, 1.82) is 0 Å². The van der Waals surface area contributed by atoms with Crippen LogP contribution in [0, 0.1) is 0 Å². The smallest absolute Gasteiger partial charge is 0.237 e. The average Bonchev–Trinajstić information content (AvgIpc) is 3.18. The fourth-order valence-corrected chi connectivity index (χ4v) is 3.15. The maximum Gasteiger partial charge on any atom is 0.237 e. The Morgan fingerprint density at radius 1 is 1.41 bits per heavy atom. The number of imidazole rings is 1. The lowest BCUT2D eigenvalue weighted by molar-refractivity contribution is -0.134. The Hall–Kier alpha value is -2.87. The number of ether oxygens (including phenoxy) is 1. The molecule has 0 aliphatic carbocycles. The van der Waals surface area contributed by atoms with Crippen molar-refractivity contribution in [3.63, 3.8) is 0 Å². The van der Waals surface area contributed by atoms with E-state index in [2.05, 4.69) is 20.6 Å². The van der Waals surface area contributed by atoms with Gasteiger partial charge in [0, 0.05) is 37.6 Å². The van der Waals surface area contributed by atoms with Crippen LogP contribution in [0.15, 0.2) is 36.7 Å². The largest absolute Gasteiger partial charge is 0.494 e. The van der Waals surface area contributed by atoms with Crippen molar-refractivity contribution in [2.75, 3.05) is 19.7 Å². The van der Waals surface area contributed by atoms with Gasteiger partial charge < -0.3 is 20.4 Å². The molecule has 3 rings (SSSR count). The molecule has 1 atom stereocenters. The number of amides is 2. The Balaban J connectivity index is 1.64. The third-order valence-corrected chi connectivity index (χ3v) is 4.47. The van der Waals surface area contributed by atoms with Gasteiger partial charge in [-0.2, -0.15) is 0 Å². The monoisotopic (exact) mass is 371 g/mol. The Kier molecular flexibility index (Phi) is 6.43. The van der Waals surface area contributed by atoms with Crippen LogP contribution in [0.4, 0.5) is 0 Å².